The summed E-state index contributed by atoms with van der Waals surface area (Å²) >= 11 is 0. The fourth-order valence-electron chi connectivity index (χ4n) is 2.65. The van der Waals surface area contributed by atoms with Gasteiger partial charge in [-0.25, -0.2) is 0 Å². The fourth-order valence-corrected chi connectivity index (χ4v) is 4.40. The Morgan fingerprint density at radius 2 is 1.67 bits per heavy atom. The molecular formula is C12H27NOSi. The van der Waals surface area contributed by atoms with E-state index in [-0.39, 0.29) is 0 Å². The number of hydrogen-bond acceptors (Lipinski definition) is 2. The van der Waals surface area contributed by atoms with Gasteiger partial charge in [-0.2, -0.15) is 0 Å². The molecule has 0 spiro atoms. The maximum atomic E-state index is 9.10. The molecule has 1 aliphatic rings. The van der Waals surface area contributed by atoms with E-state index in [4.69, 9.17) is 5.11 Å². The highest BCUT2D eigenvalue weighted by Gasteiger charge is 2.26. The van der Waals surface area contributed by atoms with Gasteiger partial charge in [-0.15, -0.1) is 0 Å². The minimum absolute atomic E-state index is 0.393. The number of hydrogen-bond donors (Lipinski definition) is 1. The van der Waals surface area contributed by atoms with Crippen LogP contribution in [0.5, 0.6) is 0 Å². The summed E-state index contributed by atoms with van der Waals surface area (Å²) in [7, 11) is 1.33. The van der Waals surface area contributed by atoms with E-state index < -0.39 is 8.07 Å². The van der Waals surface area contributed by atoms with Gasteiger partial charge in [0.1, 0.15) is 0 Å². The predicted molar refractivity (Wildman–Crippen MR) is 68.8 cm³/mol. The van der Waals surface area contributed by atoms with E-state index in [0.29, 0.717) is 12.5 Å². The molecule has 0 atom stereocenters. The molecule has 1 rings (SSSR count). The molecule has 0 heterocycles. The van der Waals surface area contributed by atoms with Crippen LogP contribution in [-0.2, 0) is 0 Å². The second-order valence-electron chi connectivity index (χ2n) is 6.33. The molecule has 0 radical (unpaired) electrons. The summed E-state index contributed by atoms with van der Waals surface area (Å²) in [5.41, 5.74) is 0. The molecular weight excluding hydrogens is 202 g/mol. The third-order valence-corrected chi connectivity index (χ3v) is 4.87. The van der Waals surface area contributed by atoms with Crippen molar-refractivity contribution < 1.29 is 5.11 Å². The topological polar surface area (TPSA) is 23.5 Å². The van der Waals surface area contributed by atoms with E-state index in [2.05, 4.69) is 31.6 Å². The normalized spacial score (nSPS) is 28.4. The largest absolute Gasteiger partial charge is 0.396 e. The van der Waals surface area contributed by atoms with E-state index in [9.17, 15) is 0 Å². The van der Waals surface area contributed by atoms with Crippen molar-refractivity contribution in [1.29, 1.82) is 0 Å². The summed E-state index contributed by atoms with van der Waals surface area (Å²) in [6.07, 6.45) is 6.31. The van der Waals surface area contributed by atoms with Crippen LogP contribution in [0.3, 0.4) is 0 Å². The Hall–Kier alpha value is 0.137. The molecule has 1 N–H and O–H groups in total. The number of rotatable bonds is 4. The van der Waals surface area contributed by atoms with Crippen molar-refractivity contribution in [2.45, 2.75) is 51.4 Å². The lowest BCUT2D eigenvalue weighted by atomic mass is 9.86. The minimum Gasteiger partial charge on any atom is -0.396 e. The van der Waals surface area contributed by atoms with Crippen LogP contribution >= 0.6 is 0 Å². The highest BCUT2D eigenvalue weighted by atomic mass is 28.3. The maximum absolute atomic E-state index is 9.10. The second-order valence-corrected chi connectivity index (χ2v) is 11.8. The molecule has 1 aliphatic carbocycles. The molecule has 0 bridgehead atoms. The van der Waals surface area contributed by atoms with Gasteiger partial charge >= 0.3 is 0 Å². The van der Waals surface area contributed by atoms with Crippen molar-refractivity contribution >= 4 is 8.07 Å². The van der Waals surface area contributed by atoms with Crippen molar-refractivity contribution in [3.05, 3.63) is 0 Å². The van der Waals surface area contributed by atoms with Gasteiger partial charge in [0, 0.05) is 12.6 Å². The Labute approximate surface area is 95.7 Å². The van der Waals surface area contributed by atoms with Gasteiger partial charge in [0.25, 0.3) is 0 Å². The Morgan fingerprint density at radius 3 is 2.07 bits per heavy atom. The number of aliphatic hydroxyl groups is 1. The quantitative estimate of drug-likeness (QED) is 0.748. The molecule has 0 aliphatic heterocycles. The van der Waals surface area contributed by atoms with Crippen LogP contribution in [0.15, 0.2) is 0 Å². The van der Waals surface area contributed by atoms with Gasteiger partial charge in [0.05, 0.1) is 8.07 Å². The first-order valence-corrected chi connectivity index (χ1v) is 9.94. The Morgan fingerprint density at radius 1 is 1.13 bits per heavy atom. The van der Waals surface area contributed by atoms with E-state index in [1.165, 1.54) is 31.9 Å². The smallest absolute Gasteiger partial charge is 0.0599 e. The summed E-state index contributed by atoms with van der Waals surface area (Å²) in [6.45, 7) is 7.69. The molecule has 2 nitrogen and oxygen atoms in total. The third-order valence-electron chi connectivity index (χ3n) is 3.42. The standard InChI is InChI=1S/C12H27NOSi/c1-13(10-15(2,3)4)12-7-5-11(9-14)6-8-12/h11-12,14H,5-10H2,1-4H3. The van der Waals surface area contributed by atoms with E-state index >= 15 is 0 Å². The monoisotopic (exact) mass is 229 g/mol. The van der Waals surface area contributed by atoms with Gasteiger partial charge in [-0.1, -0.05) is 19.6 Å². The molecule has 90 valence electrons. The minimum atomic E-state index is -0.953. The first-order valence-electron chi connectivity index (χ1n) is 6.23. The van der Waals surface area contributed by atoms with E-state index in [0.717, 1.165) is 6.04 Å². The van der Waals surface area contributed by atoms with Gasteiger partial charge in [-0.3, -0.25) is 0 Å². The molecule has 1 saturated carbocycles. The van der Waals surface area contributed by atoms with Gasteiger partial charge in [0.15, 0.2) is 0 Å². The molecule has 0 aromatic heterocycles. The van der Waals surface area contributed by atoms with Crippen molar-refractivity contribution in [2.24, 2.45) is 5.92 Å². The van der Waals surface area contributed by atoms with Crippen LogP contribution in [0, 0.1) is 5.92 Å². The van der Waals surface area contributed by atoms with E-state index in [1.54, 1.807) is 0 Å². The third kappa shape index (κ3) is 4.66. The summed E-state index contributed by atoms with van der Waals surface area (Å²) in [6, 6.07) is 0.777. The summed E-state index contributed by atoms with van der Waals surface area (Å²) < 4.78 is 0. The Bertz CT molecular complexity index is 183. The first-order chi connectivity index (χ1) is 6.92. The van der Waals surface area contributed by atoms with Gasteiger partial charge < -0.3 is 10.0 Å². The highest BCUT2D eigenvalue weighted by Crippen LogP contribution is 2.27. The maximum Gasteiger partial charge on any atom is 0.0599 e. The lowest BCUT2D eigenvalue weighted by Gasteiger charge is -2.36. The van der Waals surface area contributed by atoms with Crippen LogP contribution in [0.25, 0.3) is 0 Å². The fraction of sp³-hybridized carbons (Fsp3) is 1.00. The van der Waals surface area contributed by atoms with Crippen molar-refractivity contribution in [3.8, 4) is 0 Å². The van der Waals surface area contributed by atoms with Gasteiger partial charge in [0.2, 0.25) is 0 Å². The zero-order valence-electron chi connectivity index (χ0n) is 10.8. The molecule has 0 saturated heterocycles. The van der Waals surface area contributed by atoms with Crippen LogP contribution in [-0.4, -0.2) is 43.9 Å². The number of aliphatic hydroxyl groups excluding tert-OH is 1. The summed E-state index contributed by atoms with van der Waals surface area (Å²) in [5, 5.41) is 9.10. The Kier molecular flexibility index (Phi) is 4.81. The van der Waals surface area contributed by atoms with Crippen LogP contribution in [0.1, 0.15) is 25.7 Å². The second kappa shape index (κ2) is 5.46. The first kappa shape index (κ1) is 13.2. The lowest BCUT2D eigenvalue weighted by Crippen LogP contribution is -2.44. The zero-order valence-corrected chi connectivity index (χ0v) is 11.8. The molecule has 15 heavy (non-hydrogen) atoms. The van der Waals surface area contributed by atoms with Crippen LogP contribution in [0.2, 0.25) is 19.6 Å². The van der Waals surface area contributed by atoms with Crippen molar-refractivity contribution in [1.82, 2.24) is 4.90 Å². The molecule has 1 fully saturated rings. The summed E-state index contributed by atoms with van der Waals surface area (Å²) in [5.74, 6) is 0.585. The molecule has 0 amide bonds. The molecule has 0 unspecified atom stereocenters. The molecule has 3 heteroatoms. The van der Waals surface area contributed by atoms with E-state index in [1.807, 2.05) is 0 Å². The number of nitrogens with zero attached hydrogens (tertiary/aromatic N) is 1. The molecule has 0 aromatic carbocycles. The predicted octanol–water partition coefficient (Wildman–Crippen LogP) is 2.35. The van der Waals surface area contributed by atoms with Crippen LogP contribution < -0.4 is 0 Å². The van der Waals surface area contributed by atoms with Crippen LogP contribution in [0.4, 0.5) is 0 Å². The lowest BCUT2D eigenvalue weighted by molar-refractivity contribution is 0.137. The average molecular weight is 229 g/mol. The molecule has 0 aromatic rings. The van der Waals surface area contributed by atoms with Crippen molar-refractivity contribution in [3.63, 3.8) is 0 Å². The highest BCUT2D eigenvalue weighted by molar-refractivity contribution is 6.76. The zero-order chi connectivity index (χ0) is 11.5. The summed E-state index contributed by atoms with van der Waals surface area (Å²) in [4.78, 5) is 2.57. The average Bonchev–Trinajstić information content (AvgIpc) is 2.15. The Balaban J connectivity index is 2.33. The SMILES string of the molecule is CN(C[Si](C)(C)C)C1CCC(CO)CC1. The van der Waals surface area contributed by atoms with Gasteiger partial charge in [-0.05, 0) is 44.8 Å². The van der Waals surface area contributed by atoms with Crippen molar-refractivity contribution in [2.75, 3.05) is 19.8 Å².